The number of thioether (sulfide) groups is 1. The van der Waals surface area contributed by atoms with E-state index in [4.69, 9.17) is 11.6 Å². The number of carbonyl (C=O) groups is 1. The smallest absolute Gasteiger partial charge is 0.240 e. The number of hydrogen-bond acceptors (Lipinski definition) is 4. The van der Waals surface area contributed by atoms with E-state index in [1.54, 1.807) is 29.2 Å². The van der Waals surface area contributed by atoms with Crippen LogP contribution in [0.1, 0.15) is 12.5 Å². The van der Waals surface area contributed by atoms with Crippen molar-refractivity contribution in [3.05, 3.63) is 53.1 Å². The Hall–Kier alpha value is -1.54. The third-order valence-corrected chi connectivity index (χ3v) is 7.03. The molecular formula is C18H19ClN2O3S2. The fourth-order valence-corrected chi connectivity index (χ4v) is 4.72. The van der Waals surface area contributed by atoms with E-state index in [1.165, 1.54) is 24.9 Å². The number of nitrogens with zero attached hydrogens (tertiary/aromatic N) is 1. The number of rotatable bonds is 5. The second-order valence-corrected chi connectivity index (χ2v) is 9.69. The van der Waals surface area contributed by atoms with Crippen LogP contribution in [-0.4, -0.2) is 33.2 Å². The third-order valence-electron chi connectivity index (χ3n) is 4.27. The van der Waals surface area contributed by atoms with Gasteiger partial charge in [0.15, 0.2) is 0 Å². The Morgan fingerprint density at radius 1 is 1.23 bits per heavy atom. The number of hydrogen-bond donors (Lipinski definition) is 1. The SMILES string of the molecule is CNS(=O)(=O)c1ccc2c(c1)CCN2C(=O)C(C)Sc1ccc(Cl)cc1. The van der Waals surface area contributed by atoms with Crippen LogP contribution in [0.5, 0.6) is 0 Å². The molecule has 1 aliphatic heterocycles. The molecular weight excluding hydrogens is 392 g/mol. The topological polar surface area (TPSA) is 66.5 Å². The number of anilines is 1. The summed E-state index contributed by atoms with van der Waals surface area (Å²) in [5, 5.41) is 0.400. The first kappa shape index (κ1) is 19.2. The minimum atomic E-state index is -3.49. The molecule has 1 aliphatic rings. The maximum Gasteiger partial charge on any atom is 0.240 e. The van der Waals surface area contributed by atoms with Gasteiger partial charge in [0.25, 0.3) is 0 Å². The Bertz CT molecular complexity index is 930. The van der Waals surface area contributed by atoms with Crippen LogP contribution in [0.15, 0.2) is 52.3 Å². The van der Waals surface area contributed by atoms with E-state index in [-0.39, 0.29) is 16.1 Å². The number of halogens is 1. The molecule has 2 aromatic rings. The second-order valence-electron chi connectivity index (χ2n) is 5.95. The molecule has 0 fully saturated rings. The van der Waals surface area contributed by atoms with Crippen molar-refractivity contribution in [1.29, 1.82) is 0 Å². The molecule has 1 amide bonds. The van der Waals surface area contributed by atoms with E-state index in [0.717, 1.165) is 16.1 Å². The predicted molar refractivity (Wildman–Crippen MR) is 106 cm³/mol. The molecule has 2 aromatic carbocycles. The summed E-state index contributed by atoms with van der Waals surface area (Å²) in [4.78, 5) is 15.8. The number of sulfonamides is 1. The standard InChI is InChI=1S/C18H19ClN2O3S2/c1-12(25-15-5-3-14(19)4-6-15)18(22)21-10-9-13-11-16(7-8-17(13)21)26(23,24)20-2/h3-8,11-12,20H,9-10H2,1-2H3. The highest BCUT2D eigenvalue weighted by Gasteiger charge is 2.29. The van der Waals surface area contributed by atoms with Gasteiger partial charge in [-0.15, -0.1) is 11.8 Å². The zero-order chi connectivity index (χ0) is 18.9. The Balaban J connectivity index is 1.77. The fraction of sp³-hybridized carbons (Fsp3) is 0.278. The van der Waals surface area contributed by atoms with Gasteiger partial charge in [-0.25, -0.2) is 13.1 Å². The Morgan fingerprint density at radius 3 is 2.58 bits per heavy atom. The maximum atomic E-state index is 12.9. The third kappa shape index (κ3) is 3.91. The van der Waals surface area contributed by atoms with Crippen molar-refractivity contribution < 1.29 is 13.2 Å². The van der Waals surface area contributed by atoms with Crippen molar-refractivity contribution in [2.75, 3.05) is 18.5 Å². The summed E-state index contributed by atoms with van der Waals surface area (Å²) in [5.41, 5.74) is 1.66. The molecule has 26 heavy (non-hydrogen) atoms. The van der Waals surface area contributed by atoms with Gasteiger partial charge in [0, 0.05) is 22.2 Å². The minimum Gasteiger partial charge on any atom is -0.311 e. The summed E-state index contributed by atoms with van der Waals surface area (Å²) in [5.74, 6) is 0.00734. The van der Waals surface area contributed by atoms with Crippen LogP contribution < -0.4 is 9.62 Å². The zero-order valence-corrected chi connectivity index (χ0v) is 16.8. The van der Waals surface area contributed by atoms with Gasteiger partial charge < -0.3 is 4.90 Å². The molecule has 0 aromatic heterocycles. The van der Waals surface area contributed by atoms with Gasteiger partial charge >= 0.3 is 0 Å². The van der Waals surface area contributed by atoms with Crippen molar-refractivity contribution in [2.45, 2.75) is 28.4 Å². The van der Waals surface area contributed by atoms with Crippen LogP contribution in [-0.2, 0) is 21.2 Å². The van der Waals surface area contributed by atoms with Gasteiger partial charge in [0.05, 0.1) is 10.1 Å². The highest BCUT2D eigenvalue weighted by Crippen LogP contribution is 2.33. The van der Waals surface area contributed by atoms with E-state index >= 15 is 0 Å². The molecule has 0 radical (unpaired) electrons. The number of amides is 1. The lowest BCUT2D eigenvalue weighted by molar-refractivity contribution is -0.117. The average Bonchev–Trinajstić information content (AvgIpc) is 3.06. The second kappa shape index (κ2) is 7.60. The summed E-state index contributed by atoms with van der Waals surface area (Å²) in [6.07, 6.45) is 0.645. The molecule has 5 nitrogen and oxygen atoms in total. The summed E-state index contributed by atoms with van der Waals surface area (Å²) in [7, 11) is -2.10. The van der Waals surface area contributed by atoms with E-state index in [0.29, 0.717) is 18.0 Å². The summed E-state index contributed by atoms with van der Waals surface area (Å²) in [6.45, 7) is 2.43. The Morgan fingerprint density at radius 2 is 1.92 bits per heavy atom. The van der Waals surface area contributed by atoms with Crippen LogP contribution in [0.3, 0.4) is 0 Å². The highest BCUT2D eigenvalue weighted by atomic mass is 35.5. The van der Waals surface area contributed by atoms with Crippen LogP contribution in [0.2, 0.25) is 5.02 Å². The molecule has 3 rings (SSSR count). The molecule has 1 atom stereocenters. The largest absolute Gasteiger partial charge is 0.311 e. The number of fused-ring (bicyclic) bond motifs is 1. The monoisotopic (exact) mass is 410 g/mol. The molecule has 1 heterocycles. The predicted octanol–water partition coefficient (Wildman–Crippen LogP) is 3.32. The first-order chi connectivity index (χ1) is 12.3. The molecule has 0 bridgehead atoms. The molecule has 0 spiro atoms. The number of nitrogens with one attached hydrogen (secondary N) is 1. The van der Waals surface area contributed by atoms with Crippen molar-refractivity contribution >= 4 is 45.0 Å². The van der Waals surface area contributed by atoms with Gasteiger partial charge in [-0.05, 0) is 68.4 Å². The quantitative estimate of drug-likeness (QED) is 0.768. The van der Waals surface area contributed by atoms with Gasteiger partial charge in [0.1, 0.15) is 0 Å². The van der Waals surface area contributed by atoms with Crippen LogP contribution in [0.25, 0.3) is 0 Å². The zero-order valence-electron chi connectivity index (χ0n) is 14.4. The molecule has 0 aliphatic carbocycles. The number of benzene rings is 2. The van der Waals surface area contributed by atoms with Gasteiger partial charge in [-0.3, -0.25) is 4.79 Å². The summed E-state index contributed by atoms with van der Waals surface area (Å²) in [6, 6.07) is 12.3. The molecule has 8 heteroatoms. The van der Waals surface area contributed by atoms with Crippen molar-refractivity contribution in [3.8, 4) is 0 Å². The maximum absolute atomic E-state index is 12.9. The van der Waals surface area contributed by atoms with Gasteiger partial charge in [-0.2, -0.15) is 0 Å². The fourth-order valence-electron chi connectivity index (χ4n) is 2.88. The normalized spacial score (nSPS) is 15.0. The Labute approximate surface area is 162 Å². The van der Waals surface area contributed by atoms with Crippen molar-refractivity contribution in [3.63, 3.8) is 0 Å². The lowest BCUT2D eigenvalue weighted by Gasteiger charge is -2.21. The van der Waals surface area contributed by atoms with E-state index in [9.17, 15) is 13.2 Å². The molecule has 1 N–H and O–H groups in total. The molecule has 138 valence electrons. The molecule has 1 unspecified atom stereocenters. The lowest BCUT2D eigenvalue weighted by atomic mass is 10.2. The average molecular weight is 411 g/mol. The van der Waals surface area contributed by atoms with E-state index in [2.05, 4.69) is 4.72 Å². The van der Waals surface area contributed by atoms with Crippen LogP contribution in [0.4, 0.5) is 5.69 Å². The van der Waals surface area contributed by atoms with Crippen molar-refractivity contribution in [1.82, 2.24) is 4.72 Å². The van der Waals surface area contributed by atoms with E-state index < -0.39 is 10.0 Å². The van der Waals surface area contributed by atoms with Crippen LogP contribution >= 0.6 is 23.4 Å². The molecule has 0 saturated heterocycles. The first-order valence-corrected chi connectivity index (χ1v) is 10.9. The summed E-state index contributed by atoms with van der Waals surface area (Å²) < 4.78 is 26.2. The van der Waals surface area contributed by atoms with Crippen molar-refractivity contribution in [2.24, 2.45) is 0 Å². The molecule has 0 saturated carbocycles. The minimum absolute atomic E-state index is 0.00734. The van der Waals surface area contributed by atoms with Crippen LogP contribution in [0, 0.1) is 0 Å². The summed E-state index contributed by atoms with van der Waals surface area (Å²) >= 11 is 7.37. The number of carbonyl (C=O) groups excluding carboxylic acids is 1. The Kier molecular flexibility index (Phi) is 5.62. The first-order valence-electron chi connectivity index (χ1n) is 8.12. The van der Waals surface area contributed by atoms with Gasteiger partial charge in [-0.1, -0.05) is 11.6 Å². The van der Waals surface area contributed by atoms with E-state index in [1.807, 2.05) is 19.1 Å². The van der Waals surface area contributed by atoms with Gasteiger partial charge in [0.2, 0.25) is 15.9 Å². The highest BCUT2D eigenvalue weighted by molar-refractivity contribution is 8.00. The lowest BCUT2D eigenvalue weighted by Crippen LogP contribution is -2.35.